The molecule has 2 heterocycles. The number of nitrogens with one attached hydrogen (secondary N) is 1. The molecular weight excluding hydrogens is 372 g/mol. The third-order valence-corrected chi connectivity index (χ3v) is 4.68. The predicted octanol–water partition coefficient (Wildman–Crippen LogP) is 4.18. The van der Waals surface area contributed by atoms with Crippen LogP contribution in [0, 0.1) is 0 Å². The molecule has 120 valence electrons. The zero-order valence-electron chi connectivity index (χ0n) is 12.8. The molecular formula is C18H13BrN2O3. The molecule has 0 saturated heterocycles. The van der Waals surface area contributed by atoms with Crippen LogP contribution in [0.15, 0.2) is 46.9 Å². The second-order valence-corrected chi connectivity index (χ2v) is 6.48. The van der Waals surface area contributed by atoms with Gasteiger partial charge in [-0.05, 0) is 29.8 Å². The zero-order valence-corrected chi connectivity index (χ0v) is 14.4. The van der Waals surface area contributed by atoms with E-state index < -0.39 is 6.09 Å². The Morgan fingerprint density at radius 2 is 2.04 bits per heavy atom. The SMILES string of the molecule is COC(=O)n1c2c(c3cc(Br)ccc31)CC(=O)Nc1ccccc1-2. The van der Waals surface area contributed by atoms with Crippen LogP contribution >= 0.6 is 15.9 Å². The fourth-order valence-corrected chi connectivity index (χ4v) is 3.59. The van der Waals surface area contributed by atoms with Crippen molar-refractivity contribution >= 4 is 44.5 Å². The standard InChI is InChI=1S/C18H13BrN2O3/c1-24-18(23)21-15-7-6-10(19)8-12(15)13-9-16(22)20-14-5-3-2-4-11(14)17(13)21/h2-8H,9H2,1H3,(H,20,22). The fourth-order valence-electron chi connectivity index (χ4n) is 3.22. The van der Waals surface area contributed by atoms with E-state index in [0.717, 1.165) is 26.5 Å². The number of aromatic nitrogens is 1. The average molecular weight is 385 g/mol. The molecule has 0 aliphatic carbocycles. The second-order valence-electron chi connectivity index (χ2n) is 5.56. The lowest BCUT2D eigenvalue weighted by Gasteiger charge is -2.11. The van der Waals surface area contributed by atoms with Crippen LogP contribution in [0.25, 0.3) is 22.2 Å². The molecule has 24 heavy (non-hydrogen) atoms. The van der Waals surface area contributed by atoms with Crippen LogP contribution in [-0.4, -0.2) is 23.7 Å². The van der Waals surface area contributed by atoms with Crippen LogP contribution in [-0.2, 0) is 16.0 Å². The first kappa shape index (κ1) is 15.0. The number of carbonyl (C=O) groups is 2. The van der Waals surface area contributed by atoms with Gasteiger partial charge in [0.25, 0.3) is 0 Å². The number of nitrogens with zero attached hydrogens (tertiary/aromatic N) is 1. The van der Waals surface area contributed by atoms with Gasteiger partial charge in [0.05, 0.1) is 30.4 Å². The first-order chi connectivity index (χ1) is 11.6. The number of ether oxygens (including phenoxy) is 1. The molecule has 1 N–H and O–H groups in total. The maximum Gasteiger partial charge on any atom is 0.418 e. The number of carbonyl (C=O) groups excluding carboxylic acids is 2. The van der Waals surface area contributed by atoms with Crippen molar-refractivity contribution in [3.8, 4) is 11.3 Å². The molecule has 0 fully saturated rings. The van der Waals surface area contributed by atoms with E-state index in [9.17, 15) is 9.59 Å². The lowest BCUT2D eigenvalue weighted by atomic mass is 10.0. The molecule has 5 nitrogen and oxygen atoms in total. The zero-order chi connectivity index (χ0) is 16.8. The van der Waals surface area contributed by atoms with Crippen LogP contribution in [0.4, 0.5) is 10.5 Å². The van der Waals surface area contributed by atoms with Gasteiger partial charge in [0.2, 0.25) is 5.91 Å². The van der Waals surface area contributed by atoms with Gasteiger partial charge in [-0.1, -0.05) is 34.1 Å². The Labute approximate surface area is 146 Å². The third kappa shape index (κ3) is 2.14. The molecule has 4 rings (SSSR count). The number of hydrogen-bond donors (Lipinski definition) is 1. The van der Waals surface area contributed by atoms with Gasteiger partial charge in [0.1, 0.15) is 0 Å². The summed E-state index contributed by atoms with van der Waals surface area (Å²) in [5, 5.41) is 3.76. The van der Waals surface area contributed by atoms with E-state index >= 15 is 0 Å². The van der Waals surface area contributed by atoms with Crippen molar-refractivity contribution in [3.05, 3.63) is 52.5 Å². The Morgan fingerprint density at radius 3 is 2.83 bits per heavy atom. The van der Waals surface area contributed by atoms with Crippen molar-refractivity contribution in [1.82, 2.24) is 4.57 Å². The highest BCUT2D eigenvalue weighted by molar-refractivity contribution is 9.10. The Morgan fingerprint density at radius 1 is 1.25 bits per heavy atom. The number of fused-ring (bicyclic) bond motifs is 5. The third-order valence-electron chi connectivity index (χ3n) is 4.18. The first-order valence-electron chi connectivity index (χ1n) is 7.40. The Hall–Kier alpha value is -2.60. The summed E-state index contributed by atoms with van der Waals surface area (Å²) in [6.45, 7) is 0. The number of benzene rings is 2. The van der Waals surface area contributed by atoms with E-state index in [2.05, 4.69) is 21.2 Å². The molecule has 0 saturated carbocycles. The first-order valence-corrected chi connectivity index (χ1v) is 8.20. The van der Waals surface area contributed by atoms with E-state index in [1.165, 1.54) is 11.7 Å². The number of halogens is 1. The molecule has 0 bridgehead atoms. The molecule has 2 aromatic carbocycles. The van der Waals surface area contributed by atoms with E-state index in [1.54, 1.807) is 0 Å². The number of amides is 1. The summed E-state index contributed by atoms with van der Waals surface area (Å²) in [7, 11) is 1.35. The Bertz CT molecular complexity index is 1010. The highest BCUT2D eigenvalue weighted by Crippen LogP contribution is 2.40. The molecule has 1 aliphatic heterocycles. The summed E-state index contributed by atoms with van der Waals surface area (Å²) < 4.78 is 7.41. The molecule has 0 spiro atoms. The maximum atomic E-state index is 12.5. The largest absolute Gasteiger partial charge is 0.452 e. The minimum Gasteiger partial charge on any atom is -0.452 e. The van der Waals surface area contributed by atoms with Crippen molar-refractivity contribution in [1.29, 1.82) is 0 Å². The van der Waals surface area contributed by atoms with Crippen molar-refractivity contribution in [2.75, 3.05) is 12.4 Å². The summed E-state index contributed by atoms with van der Waals surface area (Å²) in [6, 6.07) is 13.1. The lowest BCUT2D eigenvalue weighted by molar-refractivity contribution is -0.115. The van der Waals surface area contributed by atoms with Gasteiger partial charge in [-0.2, -0.15) is 0 Å². The Balaban J connectivity index is 2.19. The minimum absolute atomic E-state index is 0.106. The fraction of sp³-hybridized carbons (Fsp3) is 0.111. The van der Waals surface area contributed by atoms with Crippen LogP contribution in [0.2, 0.25) is 0 Å². The van der Waals surface area contributed by atoms with Crippen LogP contribution in [0.1, 0.15) is 5.56 Å². The highest BCUT2D eigenvalue weighted by atomic mass is 79.9. The van der Waals surface area contributed by atoms with Gasteiger partial charge in [-0.25, -0.2) is 9.36 Å². The van der Waals surface area contributed by atoms with Crippen molar-refractivity contribution in [2.45, 2.75) is 6.42 Å². The van der Waals surface area contributed by atoms with Crippen molar-refractivity contribution in [2.24, 2.45) is 0 Å². The van der Waals surface area contributed by atoms with Gasteiger partial charge in [0.15, 0.2) is 0 Å². The number of hydrogen-bond acceptors (Lipinski definition) is 3. The summed E-state index contributed by atoms with van der Waals surface area (Å²) in [5.74, 6) is -0.106. The van der Waals surface area contributed by atoms with Gasteiger partial charge in [0, 0.05) is 15.4 Å². The van der Waals surface area contributed by atoms with Crippen LogP contribution < -0.4 is 5.32 Å². The normalized spacial score (nSPS) is 13.0. The van der Waals surface area contributed by atoms with Gasteiger partial charge < -0.3 is 10.1 Å². The Kier molecular flexibility index (Phi) is 3.42. The monoisotopic (exact) mass is 384 g/mol. The quantitative estimate of drug-likeness (QED) is 0.632. The summed E-state index contributed by atoms with van der Waals surface area (Å²) in [6.07, 6.45) is -0.284. The molecule has 0 unspecified atom stereocenters. The van der Waals surface area contributed by atoms with Crippen LogP contribution in [0.3, 0.4) is 0 Å². The molecule has 3 aromatic rings. The molecule has 0 atom stereocenters. The van der Waals surface area contributed by atoms with Crippen LogP contribution in [0.5, 0.6) is 0 Å². The summed E-state index contributed by atoms with van der Waals surface area (Å²) >= 11 is 3.46. The second kappa shape index (κ2) is 5.49. The van der Waals surface area contributed by atoms with Gasteiger partial charge in [-0.3, -0.25) is 4.79 Å². The molecule has 6 heteroatoms. The minimum atomic E-state index is -0.479. The van der Waals surface area contributed by atoms with Crippen molar-refractivity contribution in [3.63, 3.8) is 0 Å². The average Bonchev–Trinajstić information content (AvgIpc) is 2.79. The molecule has 0 radical (unpaired) electrons. The molecule has 1 aromatic heterocycles. The van der Waals surface area contributed by atoms with E-state index in [0.29, 0.717) is 11.4 Å². The van der Waals surface area contributed by atoms with Gasteiger partial charge >= 0.3 is 6.09 Å². The summed E-state index contributed by atoms with van der Waals surface area (Å²) in [5.41, 5.74) is 3.73. The highest BCUT2D eigenvalue weighted by Gasteiger charge is 2.28. The maximum absolute atomic E-state index is 12.5. The number of anilines is 1. The van der Waals surface area contributed by atoms with E-state index in [4.69, 9.17) is 4.74 Å². The number of rotatable bonds is 0. The smallest absolute Gasteiger partial charge is 0.418 e. The van der Waals surface area contributed by atoms with E-state index in [1.807, 2.05) is 42.5 Å². The number of methoxy groups -OCH3 is 1. The summed E-state index contributed by atoms with van der Waals surface area (Å²) in [4.78, 5) is 24.8. The number of para-hydroxylation sites is 1. The topological polar surface area (TPSA) is 60.3 Å². The molecule has 1 amide bonds. The van der Waals surface area contributed by atoms with Crippen molar-refractivity contribution < 1.29 is 14.3 Å². The predicted molar refractivity (Wildman–Crippen MR) is 95.2 cm³/mol. The van der Waals surface area contributed by atoms with E-state index in [-0.39, 0.29) is 12.3 Å². The lowest BCUT2D eigenvalue weighted by Crippen LogP contribution is -2.13. The van der Waals surface area contributed by atoms with Gasteiger partial charge in [-0.15, -0.1) is 0 Å². The molecule has 1 aliphatic rings.